The van der Waals surface area contributed by atoms with Crippen molar-refractivity contribution in [2.75, 3.05) is 18.1 Å². The van der Waals surface area contributed by atoms with Crippen LogP contribution in [-0.4, -0.2) is 45.2 Å². The maximum absolute atomic E-state index is 12.3. The number of sulfonamides is 2. The molecular formula is C11H24N2O4S2. The lowest BCUT2D eigenvalue weighted by molar-refractivity contribution is 0.376. The lowest BCUT2D eigenvalue weighted by Gasteiger charge is -2.25. The molecule has 0 aliphatic carbocycles. The van der Waals surface area contributed by atoms with Crippen molar-refractivity contribution in [3.05, 3.63) is 0 Å². The summed E-state index contributed by atoms with van der Waals surface area (Å²) in [4.78, 5) is 0. The van der Waals surface area contributed by atoms with E-state index in [1.807, 2.05) is 20.8 Å². The summed E-state index contributed by atoms with van der Waals surface area (Å²) in [5.41, 5.74) is -0.0672. The lowest BCUT2D eigenvalue weighted by atomic mass is 9.94. The fourth-order valence-electron chi connectivity index (χ4n) is 2.16. The first-order valence-electron chi connectivity index (χ1n) is 6.41. The normalized spacial score (nSPS) is 22.8. The van der Waals surface area contributed by atoms with Gasteiger partial charge in [0.25, 0.3) is 0 Å². The summed E-state index contributed by atoms with van der Waals surface area (Å²) in [5, 5.41) is 5.01. The van der Waals surface area contributed by atoms with Crippen molar-refractivity contribution in [3.8, 4) is 0 Å². The highest BCUT2D eigenvalue weighted by molar-refractivity contribution is 7.90. The molecule has 1 atom stereocenters. The van der Waals surface area contributed by atoms with Crippen LogP contribution in [0.3, 0.4) is 0 Å². The molecule has 6 nitrogen and oxygen atoms in total. The Morgan fingerprint density at radius 3 is 2.26 bits per heavy atom. The minimum atomic E-state index is -3.65. The van der Waals surface area contributed by atoms with Crippen molar-refractivity contribution < 1.29 is 16.8 Å². The Morgan fingerprint density at radius 2 is 1.79 bits per heavy atom. The largest absolute Gasteiger partial charge is 0.229 e. The van der Waals surface area contributed by atoms with Crippen LogP contribution in [0.25, 0.3) is 0 Å². The second-order valence-corrected chi connectivity index (χ2v) is 10.1. The van der Waals surface area contributed by atoms with Crippen LogP contribution in [0, 0.1) is 5.41 Å². The minimum Gasteiger partial charge on any atom is -0.229 e. The summed E-state index contributed by atoms with van der Waals surface area (Å²) in [6.45, 7) is 6.34. The number of hydrogen-bond donors (Lipinski definition) is 1. The fourth-order valence-corrected chi connectivity index (χ4v) is 5.29. The van der Waals surface area contributed by atoms with E-state index in [1.54, 1.807) is 0 Å². The molecule has 1 saturated heterocycles. The van der Waals surface area contributed by atoms with Crippen LogP contribution < -0.4 is 5.14 Å². The van der Waals surface area contributed by atoms with E-state index >= 15 is 0 Å². The van der Waals surface area contributed by atoms with E-state index in [9.17, 15) is 16.8 Å². The molecule has 19 heavy (non-hydrogen) atoms. The van der Waals surface area contributed by atoms with Gasteiger partial charge in [-0.1, -0.05) is 20.8 Å². The van der Waals surface area contributed by atoms with Gasteiger partial charge in [0.15, 0.2) is 0 Å². The highest BCUT2D eigenvalue weighted by Crippen LogP contribution is 2.25. The number of nitrogens with zero attached hydrogens (tertiary/aromatic N) is 1. The molecule has 0 aromatic rings. The van der Waals surface area contributed by atoms with Crippen LogP contribution in [0.15, 0.2) is 0 Å². The molecule has 1 unspecified atom stereocenters. The summed E-state index contributed by atoms with van der Waals surface area (Å²) in [6, 6.07) is -0.500. The molecule has 1 aliphatic rings. The number of rotatable bonds is 5. The van der Waals surface area contributed by atoms with Gasteiger partial charge >= 0.3 is 0 Å². The van der Waals surface area contributed by atoms with Gasteiger partial charge in [-0.15, -0.1) is 0 Å². The summed E-state index contributed by atoms with van der Waals surface area (Å²) in [6.07, 6.45) is 1.80. The van der Waals surface area contributed by atoms with Crippen molar-refractivity contribution in [2.24, 2.45) is 10.6 Å². The Kier molecular flexibility index (Phi) is 5.03. The molecule has 0 amide bonds. The maximum Gasteiger partial charge on any atom is 0.214 e. The molecule has 0 bridgehead atoms. The van der Waals surface area contributed by atoms with Crippen LogP contribution in [0.4, 0.5) is 0 Å². The smallest absolute Gasteiger partial charge is 0.214 e. The summed E-state index contributed by atoms with van der Waals surface area (Å²) >= 11 is 0. The molecule has 1 heterocycles. The second-order valence-electron chi connectivity index (χ2n) is 6.36. The molecule has 0 saturated carbocycles. The van der Waals surface area contributed by atoms with E-state index in [1.165, 1.54) is 4.31 Å². The minimum absolute atomic E-state index is 0.0532. The van der Waals surface area contributed by atoms with E-state index < -0.39 is 26.1 Å². The van der Waals surface area contributed by atoms with Crippen molar-refractivity contribution >= 4 is 20.0 Å². The topological polar surface area (TPSA) is 97.5 Å². The standard InChI is InChI=1S/C11H24N2O4S2/c1-11(2,3)6-8-19(16,17)13-7-4-5-10(13)9-18(12,14)15/h10H,4-9H2,1-3H3,(H2,12,14,15). The van der Waals surface area contributed by atoms with Crippen molar-refractivity contribution in [1.82, 2.24) is 4.31 Å². The Bertz CT molecular complexity index is 505. The molecule has 0 aromatic heterocycles. The zero-order chi connectivity index (χ0) is 14.9. The number of hydrogen-bond acceptors (Lipinski definition) is 4. The van der Waals surface area contributed by atoms with Gasteiger partial charge in [-0.25, -0.2) is 22.0 Å². The Hall–Kier alpha value is -0.180. The Labute approximate surface area is 116 Å². The van der Waals surface area contributed by atoms with Crippen molar-refractivity contribution in [1.29, 1.82) is 0 Å². The Balaban J connectivity index is 2.76. The van der Waals surface area contributed by atoms with Gasteiger partial charge in [-0.05, 0) is 24.7 Å². The van der Waals surface area contributed by atoms with Gasteiger partial charge in [-0.2, -0.15) is 4.31 Å². The molecular weight excluding hydrogens is 288 g/mol. The summed E-state index contributed by atoms with van der Waals surface area (Å²) in [7, 11) is -7.05. The first kappa shape index (κ1) is 16.9. The molecule has 114 valence electrons. The van der Waals surface area contributed by atoms with E-state index in [0.29, 0.717) is 25.8 Å². The molecule has 8 heteroatoms. The van der Waals surface area contributed by atoms with Gasteiger partial charge in [0.2, 0.25) is 20.0 Å². The monoisotopic (exact) mass is 312 g/mol. The van der Waals surface area contributed by atoms with Gasteiger partial charge in [0.05, 0.1) is 11.5 Å². The zero-order valence-electron chi connectivity index (χ0n) is 11.8. The van der Waals surface area contributed by atoms with E-state index in [-0.39, 0.29) is 16.9 Å². The highest BCUT2D eigenvalue weighted by Gasteiger charge is 2.36. The molecule has 2 N–H and O–H groups in total. The molecule has 0 radical (unpaired) electrons. The van der Waals surface area contributed by atoms with E-state index in [2.05, 4.69) is 0 Å². The van der Waals surface area contributed by atoms with Gasteiger partial charge < -0.3 is 0 Å². The molecule has 1 fully saturated rings. The quantitative estimate of drug-likeness (QED) is 0.799. The molecule has 0 aromatic carbocycles. The third-order valence-corrected chi connectivity index (χ3v) is 5.98. The first-order chi connectivity index (χ1) is 8.41. The van der Waals surface area contributed by atoms with Gasteiger partial charge in [0.1, 0.15) is 0 Å². The maximum atomic E-state index is 12.3. The van der Waals surface area contributed by atoms with Crippen LogP contribution in [-0.2, 0) is 20.0 Å². The van der Waals surface area contributed by atoms with Crippen molar-refractivity contribution in [2.45, 2.75) is 46.1 Å². The average Bonchev–Trinajstić information content (AvgIpc) is 2.60. The third kappa shape index (κ3) is 5.76. The van der Waals surface area contributed by atoms with Crippen LogP contribution in [0.5, 0.6) is 0 Å². The Morgan fingerprint density at radius 1 is 1.21 bits per heavy atom. The third-order valence-electron chi connectivity index (χ3n) is 3.22. The predicted molar refractivity (Wildman–Crippen MR) is 75.6 cm³/mol. The molecule has 0 spiro atoms. The van der Waals surface area contributed by atoms with E-state index in [4.69, 9.17) is 5.14 Å². The molecule has 1 rings (SSSR count). The van der Waals surface area contributed by atoms with Crippen LogP contribution >= 0.6 is 0 Å². The number of primary sulfonamides is 1. The van der Waals surface area contributed by atoms with Crippen LogP contribution in [0.2, 0.25) is 0 Å². The fraction of sp³-hybridized carbons (Fsp3) is 1.00. The highest BCUT2D eigenvalue weighted by atomic mass is 32.2. The SMILES string of the molecule is CC(C)(C)CCS(=O)(=O)N1CCCC1CS(N)(=O)=O. The molecule has 1 aliphatic heterocycles. The average molecular weight is 312 g/mol. The predicted octanol–water partition coefficient (Wildman–Crippen LogP) is 0.505. The van der Waals surface area contributed by atoms with Gasteiger partial charge in [-0.3, -0.25) is 0 Å². The van der Waals surface area contributed by atoms with E-state index in [0.717, 1.165) is 0 Å². The van der Waals surface area contributed by atoms with Gasteiger partial charge in [0, 0.05) is 12.6 Å². The second kappa shape index (κ2) is 5.67. The number of nitrogens with two attached hydrogens (primary N) is 1. The summed E-state index contributed by atoms with van der Waals surface area (Å²) in [5.74, 6) is -0.237. The van der Waals surface area contributed by atoms with Crippen LogP contribution in [0.1, 0.15) is 40.0 Å². The first-order valence-corrected chi connectivity index (χ1v) is 9.73. The summed E-state index contributed by atoms with van der Waals surface area (Å²) < 4.78 is 48.1. The van der Waals surface area contributed by atoms with Crippen molar-refractivity contribution in [3.63, 3.8) is 0 Å². The lowest BCUT2D eigenvalue weighted by Crippen LogP contribution is -2.42. The zero-order valence-corrected chi connectivity index (χ0v) is 13.4.